The molecular formula is C28H36N4O2. The van der Waals surface area contributed by atoms with E-state index in [9.17, 15) is 9.59 Å². The average Bonchev–Trinajstić information content (AvgIpc) is 3.18. The van der Waals surface area contributed by atoms with Crippen molar-refractivity contribution in [3.05, 3.63) is 83.6 Å². The second-order valence-electron chi connectivity index (χ2n) is 9.70. The summed E-state index contributed by atoms with van der Waals surface area (Å²) in [5.74, 6) is -0.133. The summed E-state index contributed by atoms with van der Waals surface area (Å²) < 4.78 is 1.67. The lowest BCUT2D eigenvalue weighted by atomic mass is 9.90. The van der Waals surface area contributed by atoms with Gasteiger partial charge in [0.05, 0.1) is 18.2 Å². The van der Waals surface area contributed by atoms with Crippen molar-refractivity contribution in [2.24, 2.45) is 7.05 Å². The van der Waals surface area contributed by atoms with Crippen LogP contribution in [-0.4, -0.2) is 39.6 Å². The van der Waals surface area contributed by atoms with Crippen molar-refractivity contribution >= 4 is 17.6 Å². The first-order valence-electron chi connectivity index (χ1n) is 11.9. The van der Waals surface area contributed by atoms with Gasteiger partial charge in [-0.3, -0.25) is 14.3 Å². The third kappa shape index (κ3) is 6.34. The zero-order chi connectivity index (χ0) is 24.7. The second-order valence-corrected chi connectivity index (χ2v) is 9.70. The zero-order valence-corrected chi connectivity index (χ0v) is 20.9. The Morgan fingerprint density at radius 2 is 1.56 bits per heavy atom. The maximum Gasteiger partial charge on any atom is 0.245 e. The first kappa shape index (κ1) is 25.2. The monoisotopic (exact) mass is 460 g/mol. The van der Waals surface area contributed by atoms with Crippen molar-refractivity contribution in [2.45, 2.75) is 51.9 Å². The van der Waals surface area contributed by atoms with Gasteiger partial charge < -0.3 is 10.2 Å². The fraction of sp³-hybridized carbons (Fsp3) is 0.393. The molecule has 2 aromatic carbocycles. The summed E-state index contributed by atoms with van der Waals surface area (Å²) in [5.41, 5.74) is 2.61. The molecule has 1 aromatic heterocycles. The molecular weight excluding hydrogens is 424 g/mol. The zero-order valence-electron chi connectivity index (χ0n) is 20.9. The predicted molar refractivity (Wildman–Crippen MR) is 137 cm³/mol. The largest absolute Gasteiger partial charge is 0.333 e. The van der Waals surface area contributed by atoms with E-state index in [4.69, 9.17) is 0 Å². The van der Waals surface area contributed by atoms with Crippen molar-refractivity contribution in [3.63, 3.8) is 0 Å². The predicted octanol–water partition coefficient (Wildman–Crippen LogP) is 5.12. The number of benzene rings is 2. The van der Waals surface area contributed by atoms with E-state index >= 15 is 0 Å². The molecule has 6 heteroatoms. The van der Waals surface area contributed by atoms with Gasteiger partial charge >= 0.3 is 0 Å². The molecule has 3 rings (SSSR count). The highest BCUT2D eigenvalue weighted by molar-refractivity contribution is 5.96. The SMILES string of the molecule is CCCCN(CC(=O)Nc1cc(C(C)(C)C)nn1C)C(=O)C(c1ccccc1)c1ccccc1. The number of amides is 2. The fourth-order valence-electron chi connectivity index (χ4n) is 3.87. The molecule has 1 heterocycles. The lowest BCUT2D eigenvalue weighted by Crippen LogP contribution is -2.41. The van der Waals surface area contributed by atoms with E-state index in [0.717, 1.165) is 29.7 Å². The second kappa shape index (κ2) is 11.1. The number of unbranched alkanes of at least 4 members (excludes halogenated alkanes) is 1. The van der Waals surface area contributed by atoms with Gasteiger partial charge in [-0.05, 0) is 17.5 Å². The van der Waals surface area contributed by atoms with E-state index in [1.165, 1.54) is 0 Å². The van der Waals surface area contributed by atoms with Crippen molar-refractivity contribution in [1.29, 1.82) is 0 Å². The summed E-state index contributed by atoms with van der Waals surface area (Å²) in [6, 6.07) is 21.4. The van der Waals surface area contributed by atoms with Gasteiger partial charge in [-0.15, -0.1) is 0 Å². The Morgan fingerprint density at radius 3 is 2.03 bits per heavy atom. The third-order valence-electron chi connectivity index (χ3n) is 5.86. The first-order valence-corrected chi connectivity index (χ1v) is 11.9. The van der Waals surface area contributed by atoms with Crippen molar-refractivity contribution in [2.75, 3.05) is 18.4 Å². The summed E-state index contributed by atoms with van der Waals surface area (Å²) in [5, 5.41) is 7.48. The molecule has 6 nitrogen and oxygen atoms in total. The molecule has 0 fully saturated rings. The first-order chi connectivity index (χ1) is 16.2. The minimum absolute atomic E-state index is 0.00890. The van der Waals surface area contributed by atoms with Gasteiger partial charge in [0, 0.05) is 25.1 Å². The van der Waals surface area contributed by atoms with Crippen LogP contribution in [0.2, 0.25) is 0 Å². The minimum Gasteiger partial charge on any atom is -0.333 e. The van der Waals surface area contributed by atoms with Crippen LogP contribution in [0.15, 0.2) is 66.7 Å². The highest BCUT2D eigenvalue weighted by Gasteiger charge is 2.29. The number of hydrogen-bond donors (Lipinski definition) is 1. The van der Waals surface area contributed by atoms with Crippen molar-refractivity contribution < 1.29 is 9.59 Å². The third-order valence-corrected chi connectivity index (χ3v) is 5.86. The van der Waals surface area contributed by atoms with E-state index in [-0.39, 0.29) is 23.8 Å². The number of nitrogens with zero attached hydrogens (tertiary/aromatic N) is 3. The van der Waals surface area contributed by atoms with Crippen LogP contribution in [0.1, 0.15) is 63.3 Å². The van der Waals surface area contributed by atoms with Gasteiger partial charge in [0.15, 0.2) is 0 Å². The molecule has 0 aliphatic heterocycles. The van der Waals surface area contributed by atoms with Gasteiger partial charge in [0.25, 0.3) is 0 Å². The van der Waals surface area contributed by atoms with Crippen LogP contribution in [-0.2, 0) is 22.1 Å². The van der Waals surface area contributed by atoms with Gasteiger partial charge in [-0.25, -0.2) is 0 Å². The normalized spacial score (nSPS) is 11.5. The van der Waals surface area contributed by atoms with E-state index in [1.54, 1.807) is 9.58 Å². The van der Waals surface area contributed by atoms with Crippen LogP contribution in [0.5, 0.6) is 0 Å². The molecule has 0 bridgehead atoms. The quantitative estimate of drug-likeness (QED) is 0.482. The van der Waals surface area contributed by atoms with Gasteiger partial charge in [0.1, 0.15) is 5.82 Å². The molecule has 0 atom stereocenters. The lowest BCUT2D eigenvalue weighted by Gasteiger charge is -2.27. The summed E-state index contributed by atoms with van der Waals surface area (Å²) in [7, 11) is 1.81. The van der Waals surface area contributed by atoms with E-state index in [1.807, 2.05) is 73.8 Å². The fourth-order valence-corrected chi connectivity index (χ4v) is 3.87. The summed E-state index contributed by atoms with van der Waals surface area (Å²) >= 11 is 0. The number of aryl methyl sites for hydroxylation is 1. The standard InChI is InChI=1S/C28H36N4O2/c1-6-7-18-32(20-25(33)29-24-19-23(28(2,3)4)30-31(24)5)27(34)26(21-14-10-8-11-15-21)22-16-12-9-13-17-22/h8-17,19,26H,6-7,18,20H2,1-5H3,(H,29,33). The Hall–Kier alpha value is -3.41. The number of nitrogens with one attached hydrogen (secondary N) is 1. The van der Waals surface area contributed by atoms with E-state index in [0.29, 0.717) is 12.4 Å². The molecule has 34 heavy (non-hydrogen) atoms. The molecule has 0 aliphatic carbocycles. The van der Waals surface area contributed by atoms with Gasteiger partial charge in [-0.1, -0.05) is 94.8 Å². The average molecular weight is 461 g/mol. The van der Waals surface area contributed by atoms with Crippen LogP contribution in [0.3, 0.4) is 0 Å². The Balaban J connectivity index is 1.84. The summed E-state index contributed by atoms with van der Waals surface area (Å²) in [4.78, 5) is 28.6. The molecule has 180 valence electrons. The minimum atomic E-state index is -0.462. The Labute approximate surface area is 203 Å². The molecule has 0 saturated carbocycles. The summed E-state index contributed by atoms with van der Waals surface area (Å²) in [6.07, 6.45) is 1.76. The molecule has 0 aliphatic rings. The van der Waals surface area contributed by atoms with Crippen LogP contribution >= 0.6 is 0 Å². The maximum absolute atomic E-state index is 13.9. The number of carbonyl (C=O) groups is 2. The van der Waals surface area contributed by atoms with Crippen LogP contribution in [0.4, 0.5) is 5.82 Å². The number of rotatable bonds is 9. The molecule has 0 saturated heterocycles. The van der Waals surface area contributed by atoms with Gasteiger partial charge in [0.2, 0.25) is 11.8 Å². The highest BCUT2D eigenvalue weighted by atomic mass is 16.2. The molecule has 0 radical (unpaired) electrons. The van der Waals surface area contributed by atoms with E-state index in [2.05, 4.69) is 38.1 Å². The molecule has 2 amide bonds. The Kier molecular flexibility index (Phi) is 8.26. The molecule has 3 aromatic rings. The Bertz CT molecular complexity index is 1050. The highest BCUT2D eigenvalue weighted by Crippen LogP contribution is 2.27. The van der Waals surface area contributed by atoms with Crippen LogP contribution in [0.25, 0.3) is 0 Å². The van der Waals surface area contributed by atoms with Crippen LogP contribution < -0.4 is 5.32 Å². The number of hydrogen-bond acceptors (Lipinski definition) is 3. The number of aromatic nitrogens is 2. The lowest BCUT2D eigenvalue weighted by molar-refractivity contribution is -0.135. The maximum atomic E-state index is 13.9. The summed E-state index contributed by atoms with van der Waals surface area (Å²) in [6.45, 7) is 8.85. The Morgan fingerprint density at radius 1 is 1.00 bits per heavy atom. The van der Waals surface area contributed by atoms with E-state index < -0.39 is 5.92 Å². The van der Waals surface area contributed by atoms with Crippen molar-refractivity contribution in [3.8, 4) is 0 Å². The number of anilines is 1. The van der Waals surface area contributed by atoms with Gasteiger partial charge in [-0.2, -0.15) is 5.10 Å². The smallest absolute Gasteiger partial charge is 0.245 e. The molecule has 0 unspecified atom stereocenters. The van der Waals surface area contributed by atoms with Crippen molar-refractivity contribution in [1.82, 2.24) is 14.7 Å². The van der Waals surface area contributed by atoms with Crippen LogP contribution in [0, 0.1) is 0 Å². The topological polar surface area (TPSA) is 67.2 Å². The molecule has 0 spiro atoms. The molecule has 1 N–H and O–H groups in total. The number of carbonyl (C=O) groups excluding carboxylic acids is 2.